The molecule has 0 unspecified atom stereocenters. The molecule has 0 aliphatic rings. The average Bonchev–Trinajstić information content (AvgIpc) is 2.55. The Balaban J connectivity index is 2.32. The molecule has 0 radical (unpaired) electrons. The van der Waals surface area contributed by atoms with Crippen molar-refractivity contribution >= 4 is 23.7 Å². The highest BCUT2D eigenvalue weighted by Crippen LogP contribution is 2.33. The van der Waals surface area contributed by atoms with Crippen molar-refractivity contribution in [3.8, 4) is 5.75 Å². The number of ether oxygens (including phenoxy) is 2. The number of benzene rings is 2. The first-order valence-electron chi connectivity index (χ1n) is 6.32. The third-order valence-corrected chi connectivity index (χ3v) is 4.00. The summed E-state index contributed by atoms with van der Waals surface area (Å²) in [5.41, 5.74) is 0.612. The first-order chi connectivity index (χ1) is 10.5. The molecule has 0 aliphatic carbocycles. The summed E-state index contributed by atoms with van der Waals surface area (Å²) >= 11 is 1.35. The van der Waals surface area contributed by atoms with Gasteiger partial charge in [0.25, 0.3) is 0 Å². The van der Waals surface area contributed by atoms with Crippen LogP contribution in [0.1, 0.15) is 20.7 Å². The summed E-state index contributed by atoms with van der Waals surface area (Å²) in [7, 11) is 2.84. The molecule has 2 rings (SSSR count). The zero-order chi connectivity index (χ0) is 16.1. The quantitative estimate of drug-likeness (QED) is 0.853. The van der Waals surface area contributed by atoms with Gasteiger partial charge in [-0.2, -0.15) is 0 Å². The minimum atomic E-state index is -0.976. The van der Waals surface area contributed by atoms with Crippen LogP contribution in [0.2, 0.25) is 0 Å². The highest BCUT2D eigenvalue weighted by molar-refractivity contribution is 7.99. The molecule has 0 aliphatic heterocycles. The predicted molar refractivity (Wildman–Crippen MR) is 81.9 cm³/mol. The number of hydrogen-bond acceptors (Lipinski definition) is 5. The normalized spacial score (nSPS) is 10.1. The Bertz CT molecular complexity index is 694. The van der Waals surface area contributed by atoms with Crippen molar-refractivity contribution in [3.63, 3.8) is 0 Å². The van der Waals surface area contributed by atoms with Crippen LogP contribution in [0.5, 0.6) is 5.75 Å². The van der Waals surface area contributed by atoms with Crippen LogP contribution in [0.4, 0.5) is 0 Å². The summed E-state index contributed by atoms with van der Waals surface area (Å²) in [6.45, 7) is 0. The van der Waals surface area contributed by atoms with Gasteiger partial charge < -0.3 is 14.6 Å². The first kappa shape index (κ1) is 15.9. The smallest absolute Gasteiger partial charge is 0.339 e. The Hall–Kier alpha value is -2.47. The topological polar surface area (TPSA) is 72.8 Å². The second-order valence-electron chi connectivity index (χ2n) is 4.29. The second kappa shape index (κ2) is 7.00. The van der Waals surface area contributed by atoms with E-state index in [0.717, 1.165) is 4.90 Å². The summed E-state index contributed by atoms with van der Waals surface area (Å²) in [4.78, 5) is 24.2. The molecule has 0 spiro atoms. The van der Waals surface area contributed by atoms with Crippen LogP contribution < -0.4 is 4.74 Å². The first-order valence-corrected chi connectivity index (χ1v) is 7.14. The van der Waals surface area contributed by atoms with Crippen LogP contribution in [0, 0.1) is 0 Å². The van der Waals surface area contributed by atoms with Crippen molar-refractivity contribution in [2.45, 2.75) is 9.79 Å². The monoisotopic (exact) mass is 318 g/mol. The van der Waals surface area contributed by atoms with Crippen molar-refractivity contribution < 1.29 is 24.2 Å². The molecule has 2 aromatic carbocycles. The maximum absolute atomic E-state index is 11.9. The number of carbonyl (C=O) groups excluding carboxylic acids is 1. The molecule has 5 nitrogen and oxygen atoms in total. The van der Waals surface area contributed by atoms with Gasteiger partial charge in [-0.1, -0.05) is 11.8 Å². The molecule has 6 heteroatoms. The van der Waals surface area contributed by atoms with E-state index in [1.165, 1.54) is 38.1 Å². The zero-order valence-corrected chi connectivity index (χ0v) is 12.8. The predicted octanol–water partition coefficient (Wildman–Crippen LogP) is 3.33. The standard InChI is InChI=1S/C16H14O5S/c1-20-11-5-8-14(13(9-11)16(19)21-2)22-12-6-3-10(4-7-12)15(17)18/h3-9H,1-2H3,(H,17,18). The average molecular weight is 318 g/mol. The maximum atomic E-state index is 11.9. The summed E-state index contributed by atoms with van der Waals surface area (Å²) in [5, 5.41) is 8.89. The molecule has 0 saturated heterocycles. The molecule has 22 heavy (non-hydrogen) atoms. The van der Waals surface area contributed by atoms with Crippen LogP contribution in [0.25, 0.3) is 0 Å². The van der Waals surface area contributed by atoms with E-state index >= 15 is 0 Å². The number of esters is 1. The number of methoxy groups -OCH3 is 2. The molecule has 1 N–H and O–H groups in total. The molecule has 0 fully saturated rings. The largest absolute Gasteiger partial charge is 0.497 e. The second-order valence-corrected chi connectivity index (χ2v) is 5.40. The number of carboxylic acids is 1. The summed E-state index contributed by atoms with van der Waals surface area (Å²) in [6, 6.07) is 11.6. The molecule has 0 atom stereocenters. The van der Waals surface area contributed by atoms with E-state index in [0.29, 0.717) is 16.2 Å². The number of carbonyl (C=O) groups is 2. The Kier molecular flexibility index (Phi) is 5.06. The minimum absolute atomic E-state index is 0.215. The molecule has 0 saturated carbocycles. The summed E-state index contributed by atoms with van der Waals surface area (Å²) in [6.07, 6.45) is 0. The van der Waals surface area contributed by atoms with Crippen LogP contribution in [0.3, 0.4) is 0 Å². The molecule has 114 valence electrons. The van der Waals surface area contributed by atoms with E-state index in [1.54, 1.807) is 30.3 Å². The SMILES string of the molecule is COC(=O)c1cc(OC)ccc1Sc1ccc(C(=O)O)cc1. The van der Waals surface area contributed by atoms with Crippen molar-refractivity contribution in [1.29, 1.82) is 0 Å². The third-order valence-electron chi connectivity index (χ3n) is 2.92. The van der Waals surface area contributed by atoms with E-state index in [1.807, 2.05) is 0 Å². The summed E-state index contributed by atoms with van der Waals surface area (Å²) in [5.74, 6) is -0.870. The van der Waals surface area contributed by atoms with Crippen LogP contribution >= 0.6 is 11.8 Å². The zero-order valence-electron chi connectivity index (χ0n) is 12.0. The van der Waals surface area contributed by atoms with Crippen LogP contribution in [-0.2, 0) is 4.74 Å². The van der Waals surface area contributed by atoms with Gasteiger partial charge in [0, 0.05) is 9.79 Å². The van der Waals surface area contributed by atoms with E-state index < -0.39 is 11.9 Å². The van der Waals surface area contributed by atoms with Gasteiger partial charge in [0.2, 0.25) is 0 Å². The maximum Gasteiger partial charge on any atom is 0.339 e. The number of hydrogen-bond donors (Lipinski definition) is 1. The van der Waals surface area contributed by atoms with Crippen LogP contribution in [0.15, 0.2) is 52.3 Å². The van der Waals surface area contributed by atoms with Gasteiger partial charge in [-0.3, -0.25) is 0 Å². The van der Waals surface area contributed by atoms with Crippen molar-refractivity contribution in [2.24, 2.45) is 0 Å². The van der Waals surface area contributed by atoms with E-state index in [-0.39, 0.29) is 5.56 Å². The highest BCUT2D eigenvalue weighted by Gasteiger charge is 2.14. The Morgan fingerprint density at radius 3 is 2.27 bits per heavy atom. The lowest BCUT2D eigenvalue weighted by molar-refractivity contribution is 0.0595. The number of rotatable bonds is 5. The van der Waals surface area contributed by atoms with Crippen molar-refractivity contribution in [3.05, 3.63) is 53.6 Å². The summed E-state index contributed by atoms with van der Waals surface area (Å²) < 4.78 is 9.89. The fraction of sp³-hybridized carbons (Fsp3) is 0.125. The van der Waals surface area contributed by atoms with Gasteiger partial charge in [0.05, 0.1) is 25.3 Å². The van der Waals surface area contributed by atoms with Gasteiger partial charge in [0.1, 0.15) is 5.75 Å². The molecule has 2 aromatic rings. The lowest BCUT2D eigenvalue weighted by atomic mass is 10.2. The van der Waals surface area contributed by atoms with Crippen molar-refractivity contribution in [1.82, 2.24) is 0 Å². The Labute approximate surface area is 131 Å². The number of carboxylic acid groups (broad SMARTS) is 1. The van der Waals surface area contributed by atoms with Gasteiger partial charge in [-0.05, 0) is 42.5 Å². The fourth-order valence-corrected chi connectivity index (χ4v) is 2.70. The van der Waals surface area contributed by atoms with E-state index in [4.69, 9.17) is 14.6 Å². The lowest BCUT2D eigenvalue weighted by Crippen LogP contribution is -2.03. The molecule has 0 heterocycles. The molecule has 0 bridgehead atoms. The van der Waals surface area contributed by atoms with Crippen molar-refractivity contribution in [2.75, 3.05) is 14.2 Å². The van der Waals surface area contributed by atoms with Gasteiger partial charge in [-0.15, -0.1) is 0 Å². The fourth-order valence-electron chi connectivity index (χ4n) is 1.79. The molecule has 0 aromatic heterocycles. The van der Waals surface area contributed by atoms with Crippen LogP contribution in [-0.4, -0.2) is 31.3 Å². The Morgan fingerprint density at radius 1 is 1.05 bits per heavy atom. The molecule has 0 amide bonds. The minimum Gasteiger partial charge on any atom is -0.497 e. The lowest BCUT2D eigenvalue weighted by Gasteiger charge is -2.09. The van der Waals surface area contributed by atoms with Gasteiger partial charge in [0.15, 0.2) is 0 Å². The van der Waals surface area contributed by atoms with E-state index in [9.17, 15) is 9.59 Å². The van der Waals surface area contributed by atoms with E-state index in [2.05, 4.69) is 0 Å². The third kappa shape index (κ3) is 3.59. The Morgan fingerprint density at radius 2 is 1.73 bits per heavy atom. The van der Waals surface area contributed by atoms with Gasteiger partial charge >= 0.3 is 11.9 Å². The molecular formula is C16H14O5S. The highest BCUT2D eigenvalue weighted by atomic mass is 32.2. The number of aromatic carboxylic acids is 1. The molecular weight excluding hydrogens is 304 g/mol. The van der Waals surface area contributed by atoms with Gasteiger partial charge in [-0.25, -0.2) is 9.59 Å².